The van der Waals surface area contributed by atoms with E-state index in [1.807, 2.05) is 26.0 Å². The molecule has 2 rings (SSSR count). The molecule has 0 amide bonds. The molecule has 0 saturated carbocycles. The first-order valence-corrected chi connectivity index (χ1v) is 7.50. The van der Waals surface area contributed by atoms with Crippen molar-refractivity contribution in [2.75, 3.05) is 13.2 Å². The van der Waals surface area contributed by atoms with Crippen LogP contribution in [0.2, 0.25) is 0 Å². The second kappa shape index (κ2) is 7.01. The molecule has 4 heteroatoms. The number of hydrogen-bond acceptors (Lipinski definition) is 4. The lowest BCUT2D eigenvalue weighted by Crippen LogP contribution is -2.33. The van der Waals surface area contributed by atoms with Gasteiger partial charge in [0.15, 0.2) is 6.29 Å². The largest absolute Gasteiger partial charge is 0.387 e. The number of thiophene rings is 1. The van der Waals surface area contributed by atoms with Crippen LogP contribution in [0.15, 0.2) is 29.6 Å². The molecule has 0 spiro atoms. The van der Waals surface area contributed by atoms with Gasteiger partial charge >= 0.3 is 0 Å². The standard InChI is InChI=1S/C15H20O3S/c1-3-17-15(18-4-2)13(16)9-11-10-19-14-8-6-5-7-12(11)14/h5-8,10,13,15-16H,3-4,9H2,1-2H3. The number of aliphatic hydroxyl groups is 1. The average Bonchev–Trinajstić information content (AvgIpc) is 2.82. The molecular formula is C15H20O3S. The molecule has 3 nitrogen and oxygen atoms in total. The Bertz CT molecular complexity index is 503. The third kappa shape index (κ3) is 3.54. The molecule has 2 aromatic rings. The third-order valence-corrected chi connectivity index (χ3v) is 3.98. The molecule has 0 aliphatic carbocycles. The van der Waals surface area contributed by atoms with Gasteiger partial charge in [-0.1, -0.05) is 18.2 Å². The predicted octanol–water partition coefficient (Wildman–Crippen LogP) is 3.20. The molecule has 0 radical (unpaired) electrons. The molecule has 0 aliphatic rings. The number of rotatable bonds is 7. The van der Waals surface area contributed by atoms with Crippen molar-refractivity contribution in [3.63, 3.8) is 0 Å². The van der Waals surface area contributed by atoms with Crippen molar-refractivity contribution in [1.29, 1.82) is 0 Å². The quantitative estimate of drug-likeness (QED) is 0.792. The molecule has 0 saturated heterocycles. The Kier molecular flexibility index (Phi) is 5.34. The van der Waals surface area contributed by atoms with Crippen LogP contribution >= 0.6 is 11.3 Å². The van der Waals surface area contributed by atoms with Gasteiger partial charge in [-0.25, -0.2) is 0 Å². The van der Waals surface area contributed by atoms with E-state index in [9.17, 15) is 5.11 Å². The van der Waals surface area contributed by atoms with Crippen molar-refractivity contribution in [2.24, 2.45) is 0 Å². The molecule has 0 fully saturated rings. The zero-order chi connectivity index (χ0) is 13.7. The number of hydrogen-bond donors (Lipinski definition) is 1. The summed E-state index contributed by atoms with van der Waals surface area (Å²) in [4.78, 5) is 0. The van der Waals surface area contributed by atoms with Crippen molar-refractivity contribution in [2.45, 2.75) is 32.7 Å². The molecule has 0 bridgehead atoms. The normalized spacial score (nSPS) is 13.3. The smallest absolute Gasteiger partial charge is 0.183 e. The molecule has 1 atom stereocenters. The summed E-state index contributed by atoms with van der Waals surface area (Å²) in [5, 5.41) is 13.6. The second-order valence-electron chi connectivity index (χ2n) is 4.31. The van der Waals surface area contributed by atoms with E-state index in [-0.39, 0.29) is 0 Å². The van der Waals surface area contributed by atoms with Crippen molar-refractivity contribution in [3.05, 3.63) is 35.2 Å². The van der Waals surface area contributed by atoms with Crippen LogP contribution in [0.4, 0.5) is 0 Å². The van der Waals surface area contributed by atoms with Gasteiger partial charge in [-0.2, -0.15) is 0 Å². The molecule has 1 heterocycles. The Balaban J connectivity index is 2.10. The fourth-order valence-electron chi connectivity index (χ4n) is 2.11. The topological polar surface area (TPSA) is 38.7 Å². The molecule has 0 aliphatic heterocycles. The van der Waals surface area contributed by atoms with Crippen molar-refractivity contribution in [3.8, 4) is 0 Å². The number of fused-ring (bicyclic) bond motifs is 1. The lowest BCUT2D eigenvalue weighted by Gasteiger charge is -2.22. The lowest BCUT2D eigenvalue weighted by molar-refractivity contribution is -0.188. The second-order valence-corrected chi connectivity index (χ2v) is 5.22. The summed E-state index contributed by atoms with van der Waals surface area (Å²) in [6.45, 7) is 4.87. The van der Waals surface area contributed by atoms with E-state index in [4.69, 9.17) is 9.47 Å². The van der Waals surface area contributed by atoms with Crippen molar-refractivity contribution in [1.82, 2.24) is 0 Å². The van der Waals surface area contributed by atoms with E-state index >= 15 is 0 Å². The summed E-state index contributed by atoms with van der Waals surface area (Å²) in [7, 11) is 0. The minimum absolute atomic E-state index is 0.534. The highest BCUT2D eigenvalue weighted by Crippen LogP contribution is 2.27. The molecular weight excluding hydrogens is 260 g/mol. The third-order valence-electron chi connectivity index (χ3n) is 2.97. The number of benzene rings is 1. The fraction of sp³-hybridized carbons (Fsp3) is 0.467. The van der Waals surface area contributed by atoms with Crippen LogP contribution < -0.4 is 0 Å². The Morgan fingerprint density at radius 1 is 1.16 bits per heavy atom. The van der Waals surface area contributed by atoms with Crippen LogP contribution in [0.3, 0.4) is 0 Å². The summed E-state index contributed by atoms with van der Waals surface area (Å²) in [5.74, 6) is 0. The highest BCUT2D eigenvalue weighted by Gasteiger charge is 2.21. The number of ether oxygens (including phenoxy) is 2. The van der Waals surface area contributed by atoms with Crippen molar-refractivity contribution < 1.29 is 14.6 Å². The average molecular weight is 280 g/mol. The van der Waals surface area contributed by atoms with Crippen LogP contribution in [0, 0.1) is 0 Å². The molecule has 1 N–H and O–H groups in total. The first-order chi connectivity index (χ1) is 9.26. The first kappa shape index (κ1) is 14.5. The molecule has 19 heavy (non-hydrogen) atoms. The van der Waals surface area contributed by atoms with Crippen LogP contribution in [0.25, 0.3) is 10.1 Å². The zero-order valence-electron chi connectivity index (χ0n) is 11.3. The van der Waals surface area contributed by atoms with Crippen LogP contribution in [-0.2, 0) is 15.9 Å². The van der Waals surface area contributed by atoms with E-state index in [1.54, 1.807) is 11.3 Å². The first-order valence-electron chi connectivity index (χ1n) is 6.62. The minimum Gasteiger partial charge on any atom is -0.387 e. The fourth-order valence-corrected chi connectivity index (χ4v) is 3.09. The van der Waals surface area contributed by atoms with E-state index in [0.717, 1.165) is 5.56 Å². The van der Waals surface area contributed by atoms with Crippen LogP contribution in [0.1, 0.15) is 19.4 Å². The van der Waals surface area contributed by atoms with Gasteiger partial charge in [-0.15, -0.1) is 11.3 Å². The highest BCUT2D eigenvalue weighted by atomic mass is 32.1. The Hall–Kier alpha value is -0.940. The Labute approximate surface area is 117 Å². The van der Waals surface area contributed by atoms with Gasteiger partial charge in [0, 0.05) is 24.3 Å². The van der Waals surface area contributed by atoms with Gasteiger partial charge in [0.2, 0.25) is 0 Å². The van der Waals surface area contributed by atoms with Gasteiger partial charge in [0.25, 0.3) is 0 Å². The highest BCUT2D eigenvalue weighted by molar-refractivity contribution is 7.17. The van der Waals surface area contributed by atoms with Crippen molar-refractivity contribution >= 4 is 21.4 Å². The Morgan fingerprint density at radius 3 is 2.53 bits per heavy atom. The summed E-state index contributed by atoms with van der Waals surface area (Å²) >= 11 is 1.70. The van der Waals surface area contributed by atoms with E-state index in [2.05, 4.69) is 17.5 Å². The lowest BCUT2D eigenvalue weighted by atomic mass is 10.1. The predicted molar refractivity (Wildman–Crippen MR) is 78.6 cm³/mol. The van der Waals surface area contributed by atoms with E-state index in [0.29, 0.717) is 19.6 Å². The zero-order valence-corrected chi connectivity index (χ0v) is 12.2. The molecule has 1 aromatic carbocycles. The minimum atomic E-state index is -0.641. The van der Waals surface area contributed by atoms with Gasteiger partial charge in [0.05, 0.1) is 0 Å². The Morgan fingerprint density at radius 2 is 1.84 bits per heavy atom. The summed E-state index contributed by atoms with van der Waals surface area (Å²) in [6, 6.07) is 8.23. The van der Waals surface area contributed by atoms with E-state index < -0.39 is 12.4 Å². The van der Waals surface area contributed by atoms with Crippen LogP contribution in [-0.4, -0.2) is 30.7 Å². The monoisotopic (exact) mass is 280 g/mol. The maximum atomic E-state index is 10.3. The van der Waals surface area contributed by atoms with Gasteiger partial charge in [0.1, 0.15) is 6.10 Å². The van der Waals surface area contributed by atoms with E-state index in [1.165, 1.54) is 10.1 Å². The number of aliphatic hydroxyl groups excluding tert-OH is 1. The summed E-state index contributed by atoms with van der Waals surface area (Å²) in [6.07, 6.45) is -0.638. The maximum Gasteiger partial charge on any atom is 0.183 e. The van der Waals surface area contributed by atoms with Gasteiger partial charge in [-0.05, 0) is 36.2 Å². The van der Waals surface area contributed by atoms with Gasteiger partial charge in [-0.3, -0.25) is 0 Å². The van der Waals surface area contributed by atoms with Crippen LogP contribution in [0.5, 0.6) is 0 Å². The summed E-state index contributed by atoms with van der Waals surface area (Å²) < 4.78 is 12.1. The maximum absolute atomic E-state index is 10.3. The molecule has 104 valence electrons. The molecule has 1 unspecified atom stereocenters. The SMILES string of the molecule is CCOC(OCC)C(O)Cc1csc2ccccc12. The molecule has 1 aromatic heterocycles. The van der Waals surface area contributed by atoms with Gasteiger partial charge < -0.3 is 14.6 Å². The summed E-state index contributed by atoms with van der Waals surface area (Å²) in [5.41, 5.74) is 1.15.